The minimum Gasteiger partial charge on any atom is -0.383 e. The lowest BCUT2D eigenvalue weighted by molar-refractivity contribution is -0.132. The van der Waals surface area contributed by atoms with Gasteiger partial charge < -0.3 is 15.0 Å². The number of nitrogens with zero attached hydrogens (tertiary/aromatic N) is 3. The van der Waals surface area contributed by atoms with E-state index in [-0.39, 0.29) is 17.9 Å². The van der Waals surface area contributed by atoms with Gasteiger partial charge in [-0.05, 0) is 37.8 Å². The predicted molar refractivity (Wildman–Crippen MR) is 103 cm³/mol. The molecule has 3 atom stereocenters. The summed E-state index contributed by atoms with van der Waals surface area (Å²) in [5.41, 5.74) is 0.0930. The lowest BCUT2D eigenvalue weighted by Crippen LogP contribution is -2.47. The first-order valence-electron chi connectivity index (χ1n) is 9.53. The Bertz CT molecular complexity index is 766. The summed E-state index contributed by atoms with van der Waals surface area (Å²) < 4.78 is 5.13. The number of fused-ring (bicyclic) bond motifs is 2. The van der Waals surface area contributed by atoms with Crippen LogP contribution in [0.25, 0.3) is 0 Å². The van der Waals surface area contributed by atoms with Crippen LogP contribution in [0.3, 0.4) is 0 Å². The second kappa shape index (κ2) is 6.96. The van der Waals surface area contributed by atoms with E-state index in [4.69, 9.17) is 9.73 Å². The maximum absolute atomic E-state index is 13.2. The van der Waals surface area contributed by atoms with Crippen LogP contribution >= 0.6 is 0 Å². The number of amidine groups is 1. The standard InChI is InChI=1S/C20H26N4O3/c1-14-22-20(18(25)24(14)10-11-27-2)9-8-15-12-23(13-17(15)20)19(26)21-16-6-4-3-5-7-16/h3-7,15,17H,8-13H2,1-2H3,(H,21,26)/t15-,17+,20-/m1/s1. The number of likely N-dealkylation sites (tertiary alicyclic amines) is 1. The van der Waals surface area contributed by atoms with Crippen LogP contribution in [0, 0.1) is 11.8 Å². The van der Waals surface area contributed by atoms with Crippen molar-refractivity contribution in [1.29, 1.82) is 0 Å². The van der Waals surface area contributed by atoms with Gasteiger partial charge in [0, 0.05) is 31.8 Å². The average molecular weight is 370 g/mol. The molecule has 1 saturated carbocycles. The fourth-order valence-corrected chi connectivity index (χ4v) is 4.81. The number of rotatable bonds is 4. The highest BCUT2D eigenvalue weighted by atomic mass is 16.5. The summed E-state index contributed by atoms with van der Waals surface area (Å²) in [6, 6.07) is 9.35. The molecule has 0 unspecified atom stereocenters. The van der Waals surface area contributed by atoms with E-state index in [2.05, 4.69) is 5.32 Å². The summed E-state index contributed by atoms with van der Waals surface area (Å²) in [6.45, 7) is 4.18. The molecule has 144 valence electrons. The Morgan fingerprint density at radius 1 is 1.33 bits per heavy atom. The molecule has 0 bridgehead atoms. The molecule has 2 heterocycles. The third kappa shape index (κ3) is 3.00. The Labute approximate surface area is 159 Å². The van der Waals surface area contributed by atoms with E-state index >= 15 is 0 Å². The third-order valence-electron chi connectivity index (χ3n) is 6.15. The van der Waals surface area contributed by atoms with Crippen molar-refractivity contribution in [3.05, 3.63) is 30.3 Å². The molecule has 1 saturated heterocycles. The Hall–Kier alpha value is -2.41. The minimum atomic E-state index is -0.690. The largest absolute Gasteiger partial charge is 0.383 e. The molecule has 1 aromatic carbocycles. The number of nitrogens with one attached hydrogen (secondary N) is 1. The second-order valence-corrected chi connectivity index (χ2v) is 7.64. The SMILES string of the molecule is COCCN1C(=O)[C@]2(CC[C@@H]3CN(C(=O)Nc4ccccc4)C[C@@H]32)N=C1C. The Kier molecular flexibility index (Phi) is 4.63. The summed E-state index contributed by atoms with van der Waals surface area (Å²) in [4.78, 5) is 34.3. The number of para-hydroxylation sites is 1. The number of ether oxygens (including phenoxy) is 1. The molecule has 1 aromatic rings. The second-order valence-electron chi connectivity index (χ2n) is 7.64. The molecule has 1 N–H and O–H groups in total. The third-order valence-corrected chi connectivity index (χ3v) is 6.15. The van der Waals surface area contributed by atoms with Gasteiger partial charge in [0.05, 0.1) is 13.2 Å². The van der Waals surface area contributed by atoms with Crippen LogP contribution in [0.15, 0.2) is 35.3 Å². The van der Waals surface area contributed by atoms with Crippen LogP contribution in [0.4, 0.5) is 10.5 Å². The molecule has 0 aromatic heterocycles. The van der Waals surface area contributed by atoms with Gasteiger partial charge in [-0.1, -0.05) is 18.2 Å². The smallest absolute Gasteiger partial charge is 0.321 e. The molecule has 1 spiro atoms. The van der Waals surface area contributed by atoms with E-state index < -0.39 is 5.54 Å². The molecule has 3 amide bonds. The van der Waals surface area contributed by atoms with Crippen LogP contribution in [-0.4, -0.2) is 66.5 Å². The summed E-state index contributed by atoms with van der Waals surface area (Å²) >= 11 is 0. The van der Waals surface area contributed by atoms with Crippen molar-refractivity contribution < 1.29 is 14.3 Å². The van der Waals surface area contributed by atoms with Crippen molar-refractivity contribution in [1.82, 2.24) is 9.80 Å². The minimum absolute atomic E-state index is 0.0786. The van der Waals surface area contributed by atoms with Gasteiger partial charge in [-0.2, -0.15) is 0 Å². The zero-order valence-corrected chi connectivity index (χ0v) is 15.9. The van der Waals surface area contributed by atoms with Crippen molar-refractivity contribution in [3.63, 3.8) is 0 Å². The van der Waals surface area contributed by atoms with Crippen molar-refractivity contribution in [2.24, 2.45) is 16.8 Å². The van der Waals surface area contributed by atoms with Crippen molar-refractivity contribution in [3.8, 4) is 0 Å². The van der Waals surface area contributed by atoms with Crippen LogP contribution in [0.2, 0.25) is 0 Å². The van der Waals surface area contributed by atoms with Gasteiger partial charge in [0.15, 0.2) is 0 Å². The van der Waals surface area contributed by atoms with Crippen LogP contribution in [0.1, 0.15) is 19.8 Å². The molecule has 7 heteroatoms. The highest BCUT2D eigenvalue weighted by Crippen LogP contribution is 2.50. The van der Waals surface area contributed by atoms with Gasteiger partial charge in [-0.15, -0.1) is 0 Å². The molecule has 4 rings (SSSR count). The number of benzene rings is 1. The molecule has 0 radical (unpaired) electrons. The molecular weight excluding hydrogens is 344 g/mol. The van der Waals surface area contributed by atoms with E-state index in [9.17, 15) is 9.59 Å². The topological polar surface area (TPSA) is 74.2 Å². The molecule has 2 fully saturated rings. The number of amides is 3. The number of carbonyl (C=O) groups excluding carboxylic acids is 2. The molecule has 2 aliphatic heterocycles. The van der Waals surface area contributed by atoms with E-state index in [1.165, 1.54) is 0 Å². The van der Waals surface area contributed by atoms with Crippen LogP contribution < -0.4 is 5.32 Å². The van der Waals surface area contributed by atoms with Gasteiger partial charge in [0.1, 0.15) is 11.4 Å². The van der Waals surface area contributed by atoms with E-state index in [1.54, 1.807) is 12.0 Å². The van der Waals surface area contributed by atoms with Crippen LogP contribution in [-0.2, 0) is 9.53 Å². The number of anilines is 1. The van der Waals surface area contributed by atoms with E-state index in [0.29, 0.717) is 32.2 Å². The van der Waals surface area contributed by atoms with Gasteiger partial charge >= 0.3 is 6.03 Å². The lowest BCUT2D eigenvalue weighted by atomic mass is 9.85. The van der Waals surface area contributed by atoms with E-state index in [1.807, 2.05) is 42.2 Å². The summed E-state index contributed by atoms with van der Waals surface area (Å²) in [5, 5.41) is 2.95. The molecule has 27 heavy (non-hydrogen) atoms. The zero-order valence-electron chi connectivity index (χ0n) is 15.9. The summed E-state index contributed by atoms with van der Waals surface area (Å²) in [7, 11) is 1.63. The van der Waals surface area contributed by atoms with Gasteiger partial charge in [-0.3, -0.25) is 14.7 Å². The fraction of sp³-hybridized carbons (Fsp3) is 0.550. The van der Waals surface area contributed by atoms with Crippen molar-refractivity contribution >= 4 is 23.5 Å². The van der Waals surface area contributed by atoms with Gasteiger partial charge in [0.25, 0.3) is 5.91 Å². The Morgan fingerprint density at radius 2 is 2.11 bits per heavy atom. The molecule has 7 nitrogen and oxygen atoms in total. The molecular formula is C20H26N4O3. The summed E-state index contributed by atoms with van der Waals surface area (Å²) in [6.07, 6.45) is 1.70. The Morgan fingerprint density at radius 3 is 2.85 bits per heavy atom. The Balaban J connectivity index is 1.47. The molecule has 3 aliphatic rings. The maximum atomic E-state index is 13.2. The number of hydrogen-bond acceptors (Lipinski definition) is 4. The summed E-state index contributed by atoms with van der Waals surface area (Å²) in [5.74, 6) is 1.27. The quantitative estimate of drug-likeness (QED) is 0.883. The maximum Gasteiger partial charge on any atom is 0.321 e. The first-order chi connectivity index (χ1) is 13.0. The van der Waals surface area contributed by atoms with Crippen molar-refractivity contribution in [2.75, 3.05) is 38.7 Å². The number of urea groups is 1. The zero-order chi connectivity index (χ0) is 19.0. The number of methoxy groups -OCH3 is 1. The monoisotopic (exact) mass is 370 g/mol. The fourth-order valence-electron chi connectivity index (χ4n) is 4.81. The van der Waals surface area contributed by atoms with Gasteiger partial charge in [0.2, 0.25) is 0 Å². The van der Waals surface area contributed by atoms with Crippen LogP contribution in [0.5, 0.6) is 0 Å². The number of carbonyl (C=O) groups is 2. The van der Waals surface area contributed by atoms with Gasteiger partial charge in [-0.25, -0.2) is 4.79 Å². The highest BCUT2D eigenvalue weighted by Gasteiger charge is 2.61. The lowest BCUT2D eigenvalue weighted by Gasteiger charge is -2.28. The normalized spacial score (nSPS) is 29.4. The van der Waals surface area contributed by atoms with Crippen molar-refractivity contribution in [2.45, 2.75) is 25.3 Å². The first-order valence-corrected chi connectivity index (χ1v) is 9.53. The highest BCUT2D eigenvalue weighted by molar-refractivity contribution is 6.08. The first kappa shape index (κ1) is 18.0. The molecule has 1 aliphatic carbocycles. The number of aliphatic imine (C=N–C) groups is 1. The van der Waals surface area contributed by atoms with E-state index in [0.717, 1.165) is 24.4 Å². The predicted octanol–water partition coefficient (Wildman–Crippen LogP) is 2.21. The number of hydrogen-bond donors (Lipinski definition) is 1. The average Bonchev–Trinajstić information content (AvgIpc) is 3.30.